The van der Waals surface area contributed by atoms with Crippen molar-refractivity contribution in [1.29, 1.82) is 0 Å². The lowest BCUT2D eigenvalue weighted by atomic mass is 10.3. The number of carbonyl (C=O) groups excluding carboxylic acids is 2. The molecule has 0 amide bonds. The van der Waals surface area contributed by atoms with Gasteiger partial charge in [0, 0.05) is 0 Å². The Hall–Kier alpha value is -1.10. The van der Waals surface area contributed by atoms with Crippen molar-refractivity contribution in [3.05, 3.63) is 0 Å². The van der Waals surface area contributed by atoms with Crippen molar-refractivity contribution in [3.63, 3.8) is 0 Å². The van der Waals surface area contributed by atoms with Gasteiger partial charge < -0.3 is 14.2 Å². The number of esters is 2. The minimum atomic E-state index is -0.765. The molecule has 0 aromatic heterocycles. The van der Waals surface area contributed by atoms with Crippen LogP contribution >= 0.6 is 0 Å². The van der Waals surface area contributed by atoms with E-state index in [9.17, 15) is 9.59 Å². The van der Waals surface area contributed by atoms with Crippen LogP contribution in [0.5, 0.6) is 0 Å². The van der Waals surface area contributed by atoms with E-state index in [1.165, 1.54) is 28.1 Å². The van der Waals surface area contributed by atoms with Gasteiger partial charge in [-0.1, -0.05) is 0 Å². The molecule has 76 valence electrons. The molecule has 0 radical (unpaired) electrons. The molecule has 0 aliphatic heterocycles. The van der Waals surface area contributed by atoms with Crippen LogP contribution in [0.4, 0.5) is 0 Å². The fraction of sp³-hybridized carbons (Fsp3) is 0.750. The maximum atomic E-state index is 10.9. The van der Waals surface area contributed by atoms with E-state index in [0.29, 0.717) is 0 Å². The second-order valence-corrected chi connectivity index (χ2v) is 2.47. The van der Waals surface area contributed by atoms with Gasteiger partial charge in [0.2, 0.25) is 0 Å². The number of hydrogen-bond donors (Lipinski definition) is 0. The van der Waals surface area contributed by atoms with Crippen LogP contribution in [0.3, 0.4) is 0 Å². The van der Waals surface area contributed by atoms with Crippen LogP contribution < -0.4 is 0 Å². The highest BCUT2D eigenvalue weighted by molar-refractivity contribution is 5.76. The highest BCUT2D eigenvalue weighted by Gasteiger charge is 2.21. The minimum absolute atomic E-state index is 0.518. The maximum Gasteiger partial charge on any atom is 0.334 e. The summed E-state index contributed by atoms with van der Waals surface area (Å²) in [5, 5.41) is 0. The molecule has 5 heteroatoms. The second-order valence-electron chi connectivity index (χ2n) is 2.47. The number of ether oxygens (including phenoxy) is 3. The van der Waals surface area contributed by atoms with Crippen molar-refractivity contribution in [2.45, 2.75) is 26.1 Å². The Morgan fingerprint density at radius 2 is 1.23 bits per heavy atom. The molecule has 5 nitrogen and oxygen atoms in total. The van der Waals surface area contributed by atoms with Crippen molar-refractivity contribution in [1.82, 2.24) is 0 Å². The first-order valence-electron chi connectivity index (χ1n) is 3.84. The molecule has 0 bridgehead atoms. The first-order chi connectivity index (χ1) is 6.02. The van der Waals surface area contributed by atoms with Crippen LogP contribution in [-0.2, 0) is 23.8 Å². The predicted octanol–water partition coefficient (Wildman–Crippen LogP) is 0.126. The first-order valence-corrected chi connectivity index (χ1v) is 3.84. The van der Waals surface area contributed by atoms with Gasteiger partial charge in [-0.15, -0.1) is 0 Å². The van der Waals surface area contributed by atoms with Gasteiger partial charge in [-0.3, -0.25) is 0 Å². The van der Waals surface area contributed by atoms with Gasteiger partial charge in [0.1, 0.15) is 0 Å². The Bertz CT molecular complexity index is 169. The normalized spacial score (nSPS) is 14.5. The van der Waals surface area contributed by atoms with E-state index >= 15 is 0 Å². The highest BCUT2D eigenvalue weighted by atomic mass is 16.6. The van der Waals surface area contributed by atoms with Gasteiger partial charge in [0.15, 0.2) is 12.2 Å². The quantitative estimate of drug-likeness (QED) is 0.589. The minimum Gasteiger partial charge on any atom is -0.467 e. The Morgan fingerprint density at radius 3 is 1.46 bits per heavy atom. The summed E-state index contributed by atoms with van der Waals surface area (Å²) in [5.74, 6) is -1.04. The molecule has 0 N–H and O–H groups in total. The van der Waals surface area contributed by atoms with E-state index in [1.54, 1.807) is 0 Å². The van der Waals surface area contributed by atoms with Gasteiger partial charge in [-0.25, -0.2) is 9.59 Å². The molecule has 13 heavy (non-hydrogen) atoms. The lowest BCUT2D eigenvalue weighted by Crippen LogP contribution is -2.31. The van der Waals surface area contributed by atoms with Gasteiger partial charge in [0.05, 0.1) is 14.2 Å². The summed E-state index contributed by atoms with van der Waals surface area (Å²) in [6, 6.07) is 0. The van der Waals surface area contributed by atoms with Crippen molar-refractivity contribution < 1.29 is 23.8 Å². The Labute approximate surface area is 77.0 Å². The summed E-state index contributed by atoms with van der Waals surface area (Å²) in [5.41, 5.74) is 0. The van der Waals surface area contributed by atoms with Crippen molar-refractivity contribution in [2.75, 3.05) is 14.2 Å². The molecule has 0 aliphatic rings. The third-order valence-corrected chi connectivity index (χ3v) is 1.47. The molecule has 0 fully saturated rings. The summed E-state index contributed by atoms with van der Waals surface area (Å²) in [6.45, 7) is 3.01. The topological polar surface area (TPSA) is 61.8 Å². The zero-order valence-electron chi connectivity index (χ0n) is 8.20. The molecular weight excluding hydrogens is 176 g/mol. The average molecular weight is 190 g/mol. The Morgan fingerprint density at radius 1 is 0.923 bits per heavy atom. The molecule has 2 atom stereocenters. The summed E-state index contributed by atoms with van der Waals surface area (Å²) in [4.78, 5) is 21.7. The standard InChI is InChI=1S/C8H14O5/c1-5(7(9)11-3)13-6(2)8(10)12-4/h5-6H,1-4H3/t5-,6-/m0/s1. The van der Waals surface area contributed by atoms with Crippen LogP contribution in [0.1, 0.15) is 13.8 Å². The van der Waals surface area contributed by atoms with E-state index in [2.05, 4.69) is 9.47 Å². The molecule has 0 saturated heterocycles. The monoisotopic (exact) mass is 190 g/mol. The fourth-order valence-corrected chi connectivity index (χ4v) is 0.749. The van der Waals surface area contributed by atoms with E-state index in [1.807, 2.05) is 0 Å². The molecule has 0 heterocycles. The van der Waals surface area contributed by atoms with Crippen molar-refractivity contribution in [2.24, 2.45) is 0 Å². The van der Waals surface area contributed by atoms with Gasteiger partial charge >= 0.3 is 11.9 Å². The summed E-state index contributed by atoms with van der Waals surface area (Å²) in [6.07, 6.45) is -1.53. The lowest BCUT2D eigenvalue weighted by molar-refractivity contribution is -0.166. The molecule has 0 aromatic carbocycles. The molecular formula is C8H14O5. The maximum absolute atomic E-state index is 10.9. The Kier molecular flexibility index (Phi) is 5.06. The van der Waals surface area contributed by atoms with E-state index in [4.69, 9.17) is 4.74 Å². The zero-order valence-corrected chi connectivity index (χ0v) is 8.20. The predicted molar refractivity (Wildman–Crippen MR) is 44.0 cm³/mol. The third-order valence-electron chi connectivity index (χ3n) is 1.47. The molecule has 0 rings (SSSR count). The fourth-order valence-electron chi connectivity index (χ4n) is 0.749. The van der Waals surface area contributed by atoms with Crippen molar-refractivity contribution >= 4 is 11.9 Å². The molecule has 0 saturated carbocycles. The molecule has 0 aromatic rings. The van der Waals surface area contributed by atoms with E-state index < -0.39 is 24.1 Å². The van der Waals surface area contributed by atoms with Crippen molar-refractivity contribution in [3.8, 4) is 0 Å². The smallest absolute Gasteiger partial charge is 0.334 e. The zero-order chi connectivity index (χ0) is 10.4. The third kappa shape index (κ3) is 3.89. The summed E-state index contributed by atoms with van der Waals surface area (Å²) < 4.78 is 13.8. The second kappa shape index (κ2) is 5.53. The van der Waals surface area contributed by atoms with Crippen LogP contribution in [0, 0.1) is 0 Å². The van der Waals surface area contributed by atoms with Gasteiger partial charge in [-0.05, 0) is 13.8 Å². The molecule has 0 spiro atoms. The lowest BCUT2D eigenvalue weighted by Gasteiger charge is -2.15. The number of carbonyl (C=O) groups is 2. The average Bonchev–Trinajstić information content (AvgIpc) is 2.14. The number of hydrogen-bond acceptors (Lipinski definition) is 5. The first kappa shape index (κ1) is 11.9. The summed E-state index contributed by atoms with van der Waals surface area (Å²) in [7, 11) is 2.51. The van der Waals surface area contributed by atoms with Crippen LogP contribution in [-0.4, -0.2) is 38.4 Å². The van der Waals surface area contributed by atoms with Crippen LogP contribution in [0.2, 0.25) is 0 Å². The SMILES string of the molecule is COC(=O)[C@H](C)O[C@@H](C)C(=O)OC. The molecule has 0 aliphatic carbocycles. The van der Waals surface area contributed by atoms with Gasteiger partial charge in [0.25, 0.3) is 0 Å². The van der Waals surface area contributed by atoms with Gasteiger partial charge in [-0.2, -0.15) is 0 Å². The van der Waals surface area contributed by atoms with E-state index in [0.717, 1.165) is 0 Å². The number of rotatable bonds is 4. The summed E-state index contributed by atoms with van der Waals surface area (Å²) >= 11 is 0. The van der Waals surface area contributed by atoms with Crippen LogP contribution in [0.15, 0.2) is 0 Å². The van der Waals surface area contributed by atoms with E-state index in [-0.39, 0.29) is 0 Å². The largest absolute Gasteiger partial charge is 0.467 e. The number of methoxy groups -OCH3 is 2. The Balaban J connectivity index is 3.98. The molecule has 0 unspecified atom stereocenters. The highest BCUT2D eigenvalue weighted by Crippen LogP contribution is 2.01. The van der Waals surface area contributed by atoms with Crippen LogP contribution in [0.25, 0.3) is 0 Å².